The van der Waals surface area contributed by atoms with Crippen LogP contribution in [-0.4, -0.2) is 8.42 Å². The Balaban J connectivity index is 1.79. The van der Waals surface area contributed by atoms with Crippen molar-refractivity contribution >= 4 is 37.4 Å². The Hall–Kier alpha value is -3.54. The van der Waals surface area contributed by atoms with E-state index in [4.69, 9.17) is 10.5 Å². The first-order valence-corrected chi connectivity index (χ1v) is 12.8. The molecule has 6 nitrogen and oxygen atoms in total. The third kappa shape index (κ3) is 3.40. The van der Waals surface area contributed by atoms with E-state index in [1.54, 1.807) is 24.3 Å². The van der Waals surface area contributed by atoms with Gasteiger partial charge in [-0.3, -0.25) is 4.31 Å². The molecule has 0 fully saturated rings. The molecule has 5 rings (SSSR count). The fourth-order valence-electron chi connectivity index (χ4n) is 4.44. The standard InChI is InChI=1S/C26H20BrN3O3S/c1-16-8-2-3-9-17(16)15-30-22-13-7-5-11-19(22)24-25(34(30,31)32)23(20(14-28)26(29)33-24)18-10-4-6-12-21(18)27/h2-13,23H,15,29H2,1H3. The number of ether oxygens (including phenoxy) is 1. The minimum absolute atomic E-state index is 0.0115. The number of allylic oxidation sites excluding steroid dienone is 2. The van der Waals surface area contributed by atoms with E-state index >= 15 is 0 Å². The number of hydrogen-bond acceptors (Lipinski definition) is 5. The lowest BCUT2D eigenvalue weighted by atomic mass is 9.88. The van der Waals surface area contributed by atoms with Crippen molar-refractivity contribution in [2.75, 3.05) is 4.31 Å². The first kappa shape index (κ1) is 22.3. The summed E-state index contributed by atoms with van der Waals surface area (Å²) in [6.07, 6.45) is 0. The third-order valence-electron chi connectivity index (χ3n) is 6.15. The molecule has 0 saturated carbocycles. The van der Waals surface area contributed by atoms with Gasteiger partial charge < -0.3 is 10.5 Å². The summed E-state index contributed by atoms with van der Waals surface area (Å²) in [5, 5.41) is 9.96. The number of hydrogen-bond donors (Lipinski definition) is 1. The van der Waals surface area contributed by atoms with Gasteiger partial charge in [0.1, 0.15) is 16.5 Å². The molecule has 1 atom stereocenters. The van der Waals surface area contributed by atoms with Crippen LogP contribution in [0.4, 0.5) is 5.69 Å². The Labute approximate surface area is 206 Å². The molecule has 3 aromatic rings. The van der Waals surface area contributed by atoms with Crippen LogP contribution in [-0.2, 0) is 21.3 Å². The highest BCUT2D eigenvalue weighted by atomic mass is 79.9. The zero-order chi connectivity index (χ0) is 24.0. The van der Waals surface area contributed by atoms with Gasteiger partial charge >= 0.3 is 0 Å². The SMILES string of the molecule is Cc1ccccc1CN1c2ccccc2C2=C(C(c3ccccc3Br)C(C#N)=C(N)O2)S1(=O)=O. The third-order valence-corrected chi connectivity index (χ3v) is 8.75. The summed E-state index contributed by atoms with van der Waals surface area (Å²) < 4.78 is 36.5. The van der Waals surface area contributed by atoms with Crippen LogP contribution in [0.3, 0.4) is 0 Å². The van der Waals surface area contributed by atoms with Gasteiger partial charge in [0.05, 0.1) is 18.2 Å². The minimum Gasteiger partial charge on any atom is -0.439 e. The number of fused-ring (bicyclic) bond motifs is 2. The summed E-state index contributed by atoms with van der Waals surface area (Å²) in [4.78, 5) is 0.0115. The minimum atomic E-state index is -4.11. The number of sulfonamides is 1. The topological polar surface area (TPSA) is 96.4 Å². The molecule has 0 amide bonds. The van der Waals surface area contributed by atoms with E-state index in [1.807, 2.05) is 55.5 Å². The van der Waals surface area contributed by atoms with Crippen molar-refractivity contribution in [2.45, 2.75) is 19.4 Å². The Kier molecular flexibility index (Phi) is 5.47. The normalized spacial score (nSPS) is 18.6. The summed E-state index contributed by atoms with van der Waals surface area (Å²) in [5.41, 5.74) is 9.84. The lowest BCUT2D eigenvalue weighted by Gasteiger charge is -2.38. The molecule has 170 valence electrons. The van der Waals surface area contributed by atoms with Gasteiger partial charge in [0.25, 0.3) is 10.0 Å². The van der Waals surface area contributed by atoms with Crippen molar-refractivity contribution in [3.05, 3.63) is 116 Å². The first-order chi connectivity index (χ1) is 16.3. The molecule has 2 heterocycles. The van der Waals surface area contributed by atoms with Crippen LogP contribution in [0.5, 0.6) is 0 Å². The van der Waals surface area contributed by atoms with Crippen LogP contribution < -0.4 is 10.0 Å². The van der Waals surface area contributed by atoms with Crippen LogP contribution in [0.1, 0.15) is 28.2 Å². The number of nitriles is 1. The number of benzene rings is 3. The zero-order valence-corrected chi connectivity index (χ0v) is 20.6. The predicted octanol–water partition coefficient (Wildman–Crippen LogP) is 5.28. The van der Waals surface area contributed by atoms with Gasteiger partial charge in [-0.2, -0.15) is 5.26 Å². The van der Waals surface area contributed by atoms with Crippen molar-refractivity contribution in [2.24, 2.45) is 5.73 Å². The Morgan fingerprint density at radius 2 is 1.74 bits per heavy atom. The number of rotatable bonds is 3. The molecule has 1 unspecified atom stereocenters. The molecule has 0 bridgehead atoms. The van der Waals surface area contributed by atoms with Gasteiger partial charge in [-0.1, -0.05) is 70.5 Å². The second-order valence-electron chi connectivity index (χ2n) is 8.10. The highest BCUT2D eigenvalue weighted by Crippen LogP contribution is 2.52. The number of anilines is 1. The Bertz CT molecular complexity index is 1540. The molecule has 2 aliphatic heterocycles. The van der Waals surface area contributed by atoms with E-state index < -0.39 is 15.9 Å². The highest BCUT2D eigenvalue weighted by molar-refractivity contribution is 9.10. The largest absolute Gasteiger partial charge is 0.439 e. The van der Waals surface area contributed by atoms with Crippen LogP contribution >= 0.6 is 15.9 Å². The van der Waals surface area contributed by atoms with E-state index in [2.05, 4.69) is 22.0 Å². The average molecular weight is 534 g/mol. The molecule has 0 radical (unpaired) electrons. The van der Waals surface area contributed by atoms with Crippen molar-refractivity contribution < 1.29 is 13.2 Å². The Morgan fingerprint density at radius 1 is 1.06 bits per heavy atom. The maximum Gasteiger partial charge on any atom is 0.265 e. The molecule has 2 aliphatic rings. The van der Waals surface area contributed by atoms with Gasteiger partial charge in [-0.15, -0.1) is 0 Å². The fourth-order valence-corrected chi connectivity index (χ4v) is 6.85. The molecular weight excluding hydrogens is 514 g/mol. The molecule has 0 saturated heterocycles. The monoisotopic (exact) mass is 533 g/mol. The number of aryl methyl sites for hydroxylation is 1. The summed E-state index contributed by atoms with van der Waals surface area (Å²) >= 11 is 3.53. The lowest BCUT2D eigenvalue weighted by Crippen LogP contribution is -2.39. The second-order valence-corrected chi connectivity index (χ2v) is 10.8. The van der Waals surface area contributed by atoms with E-state index in [9.17, 15) is 13.7 Å². The first-order valence-electron chi connectivity index (χ1n) is 10.6. The zero-order valence-electron chi connectivity index (χ0n) is 18.2. The van der Waals surface area contributed by atoms with Gasteiger partial charge in [0.2, 0.25) is 5.88 Å². The van der Waals surface area contributed by atoms with Crippen LogP contribution in [0, 0.1) is 18.3 Å². The predicted molar refractivity (Wildman–Crippen MR) is 134 cm³/mol. The van der Waals surface area contributed by atoms with Gasteiger partial charge in [-0.05, 0) is 41.8 Å². The highest BCUT2D eigenvalue weighted by Gasteiger charge is 2.47. The Morgan fingerprint density at radius 3 is 2.47 bits per heavy atom. The van der Waals surface area contributed by atoms with Gasteiger partial charge in [0, 0.05) is 10.0 Å². The summed E-state index contributed by atoms with van der Waals surface area (Å²) in [6.45, 7) is 2.10. The number of nitrogens with two attached hydrogens (primary N) is 1. The van der Waals surface area contributed by atoms with Crippen LogP contribution in [0.15, 0.2) is 93.6 Å². The fraction of sp³-hybridized carbons (Fsp3) is 0.115. The van der Waals surface area contributed by atoms with E-state index in [0.717, 1.165) is 11.1 Å². The van der Waals surface area contributed by atoms with Crippen LogP contribution in [0.25, 0.3) is 5.76 Å². The summed E-state index contributed by atoms with van der Waals surface area (Å²) in [7, 11) is -4.11. The van der Waals surface area contributed by atoms with E-state index in [0.29, 0.717) is 21.3 Å². The summed E-state index contributed by atoms with van der Waals surface area (Å²) in [6, 6.07) is 24.2. The van der Waals surface area contributed by atoms with Gasteiger partial charge in [-0.25, -0.2) is 8.42 Å². The van der Waals surface area contributed by atoms with Crippen molar-refractivity contribution in [1.29, 1.82) is 5.26 Å². The molecule has 8 heteroatoms. The number of para-hydroxylation sites is 1. The molecule has 2 N–H and O–H groups in total. The average Bonchev–Trinajstić information content (AvgIpc) is 2.82. The van der Waals surface area contributed by atoms with E-state index in [-0.39, 0.29) is 28.7 Å². The number of nitrogens with zero attached hydrogens (tertiary/aromatic N) is 2. The maximum atomic E-state index is 14.3. The van der Waals surface area contributed by atoms with Crippen LogP contribution in [0.2, 0.25) is 0 Å². The molecule has 0 aliphatic carbocycles. The molecule has 34 heavy (non-hydrogen) atoms. The molecule has 0 spiro atoms. The van der Waals surface area contributed by atoms with Gasteiger partial charge in [0.15, 0.2) is 5.76 Å². The van der Waals surface area contributed by atoms with Crippen molar-refractivity contribution in [1.82, 2.24) is 0 Å². The maximum absolute atomic E-state index is 14.3. The van der Waals surface area contributed by atoms with Crippen molar-refractivity contribution in [3.8, 4) is 6.07 Å². The van der Waals surface area contributed by atoms with Crippen molar-refractivity contribution in [3.63, 3.8) is 0 Å². The summed E-state index contributed by atoms with van der Waals surface area (Å²) in [5.74, 6) is -0.852. The molecule has 3 aromatic carbocycles. The lowest BCUT2D eigenvalue weighted by molar-refractivity contribution is 0.357. The molecular formula is C26H20BrN3O3S. The second kappa shape index (κ2) is 8.35. The van der Waals surface area contributed by atoms with E-state index in [1.165, 1.54) is 4.31 Å². The number of halogens is 1. The quantitative estimate of drug-likeness (QED) is 0.493. The smallest absolute Gasteiger partial charge is 0.265 e. The molecule has 0 aromatic heterocycles.